The Morgan fingerprint density at radius 2 is 1.88 bits per heavy atom. The van der Waals surface area contributed by atoms with Crippen LogP contribution in [-0.2, 0) is 16.1 Å². The highest BCUT2D eigenvalue weighted by molar-refractivity contribution is 5.69. The molecule has 1 aromatic carbocycles. The normalized spacial score (nSPS) is 10.6. The van der Waals surface area contributed by atoms with E-state index in [0.29, 0.717) is 18.7 Å². The third kappa shape index (κ3) is 4.91. The maximum Gasteiger partial charge on any atom is 0.306 e. The van der Waals surface area contributed by atoms with Crippen molar-refractivity contribution in [3.63, 3.8) is 0 Å². The van der Waals surface area contributed by atoms with Crippen LogP contribution < -0.4 is 0 Å². The number of carbonyl (C=O) groups excluding carboxylic acids is 1. The summed E-state index contributed by atoms with van der Waals surface area (Å²) in [7, 11) is 3.09. The molecule has 0 saturated heterocycles. The van der Waals surface area contributed by atoms with Crippen LogP contribution in [0.4, 0.5) is 8.78 Å². The summed E-state index contributed by atoms with van der Waals surface area (Å²) in [6.45, 7) is 0.858. The molecule has 0 unspecified atom stereocenters. The second-order valence-corrected chi connectivity index (χ2v) is 3.84. The predicted octanol–water partition coefficient (Wildman–Crippen LogP) is 1.96. The van der Waals surface area contributed by atoms with E-state index in [2.05, 4.69) is 4.74 Å². The predicted molar refractivity (Wildman–Crippen MR) is 59.3 cm³/mol. The van der Waals surface area contributed by atoms with Crippen LogP contribution in [0.25, 0.3) is 0 Å². The zero-order valence-corrected chi connectivity index (χ0v) is 9.87. The SMILES string of the molecule is COC(=O)CCN(C)Cc1cc(F)cc(F)c1. The summed E-state index contributed by atoms with van der Waals surface area (Å²) in [5.41, 5.74) is 0.537. The first-order chi connectivity index (χ1) is 8.01. The molecule has 1 rings (SSSR count). The van der Waals surface area contributed by atoms with Gasteiger partial charge in [-0.3, -0.25) is 4.79 Å². The molecular weight excluding hydrogens is 228 g/mol. The van der Waals surface area contributed by atoms with E-state index >= 15 is 0 Å². The number of hydrogen-bond acceptors (Lipinski definition) is 3. The molecule has 94 valence electrons. The summed E-state index contributed by atoms with van der Waals surface area (Å²) in [4.78, 5) is 12.7. The first kappa shape index (κ1) is 13.6. The minimum atomic E-state index is -0.596. The van der Waals surface area contributed by atoms with Crippen molar-refractivity contribution in [1.82, 2.24) is 4.90 Å². The molecule has 0 radical (unpaired) electrons. The zero-order chi connectivity index (χ0) is 12.8. The molecular formula is C12H15F2NO2. The number of methoxy groups -OCH3 is 1. The maximum absolute atomic E-state index is 12.9. The van der Waals surface area contributed by atoms with Crippen LogP contribution >= 0.6 is 0 Å². The molecule has 0 saturated carbocycles. The number of rotatable bonds is 5. The van der Waals surface area contributed by atoms with Gasteiger partial charge in [0.15, 0.2) is 0 Å². The number of benzene rings is 1. The van der Waals surface area contributed by atoms with Gasteiger partial charge < -0.3 is 9.64 Å². The number of esters is 1. The molecule has 0 fully saturated rings. The topological polar surface area (TPSA) is 29.5 Å². The van der Waals surface area contributed by atoms with E-state index in [0.717, 1.165) is 6.07 Å². The highest BCUT2D eigenvalue weighted by Crippen LogP contribution is 2.10. The quantitative estimate of drug-likeness (QED) is 0.740. The molecule has 1 aromatic rings. The van der Waals surface area contributed by atoms with Crippen LogP contribution in [0.3, 0.4) is 0 Å². The van der Waals surface area contributed by atoms with Gasteiger partial charge in [-0.1, -0.05) is 0 Å². The van der Waals surface area contributed by atoms with Gasteiger partial charge in [0, 0.05) is 19.2 Å². The van der Waals surface area contributed by atoms with E-state index in [1.807, 2.05) is 0 Å². The van der Waals surface area contributed by atoms with E-state index < -0.39 is 11.6 Å². The van der Waals surface area contributed by atoms with Crippen molar-refractivity contribution in [2.75, 3.05) is 20.7 Å². The summed E-state index contributed by atoms with van der Waals surface area (Å²) in [5.74, 6) is -1.50. The van der Waals surface area contributed by atoms with Gasteiger partial charge in [0.25, 0.3) is 0 Å². The van der Waals surface area contributed by atoms with Gasteiger partial charge in [0.05, 0.1) is 13.5 Å². The molecule has 0 bridgehead atoms. The molecule has 0 atom stereocenters. The van der Waals surface area contributed by atoms with Crippen LogP contribution in [0.1, 0.15) is 12.0 Å². The van der Waals surface area contributed by atoms with Crippen molar-refractivity contribution < 1.29 is 18.3 Å². The van der Waals surface area contributed by atoms with Crippen molar-refractivity contribution in [2.24, 2.45) is 0 Å². The minimum absolute atomic E-state index is 0.255. The third-order valence-corrected chi connectivity index (χ3v) is 2.30. The Kier molecular flexibility index (Phi) is 5.03. The van der Waals surface area contributed by atoms with Gasteiger partial charge in [0.1, 0.15) is 11.6 Å². The van der Waals surface area contributed by atoms with Crippen LogP contribution in [0, 0.1) is 11.6 Å². The summed E-state index contributed by atoms with van der Waals surface area (Å²) in [6.07, 6.45) is 0.255. The first-order valence-corrected chi connectivity index (χ1v) is 5.21. The molecule has 0 aliphatic rings. The van der Waals surface area contributed by atoms with Crippen molar-refractivity contribution in [3.8, 4) is 0 Å². The van der Waals surface area contributed by atoms with Crippen LogP contribution in [0.15, 0.2) is 18.2 Å². The van der Waals surface area contributed by atoms with Crippen molar-refractivity contribution in [2.45, 2.75) is 13.0 Å². The molecule has 0 aromatic heterocycles. The Labute approximate surface area is 99.0 Å². The Balaban J connectivity index is 2.50. The lowest BCUT2D eigenvalue weighted by Crippen LogP contribution is -2.22. The highest BCUT2D eigenvalue weighted by Gasteiger charge is 2.06. The fraction of sp³-hybridized carbons (Fsp3) is 0.417. The number of halogens is 2. The molecule has 5 heteroatoms. The fourth-order valence-corrected chi connectivity index (χ4v) is 1.48. The summed E-state index contributed by atoms with van der Waals surface area (Å²) in [6, 6.07) is 3.38. The number of ether oxygens (including phenoxy) is 1. The van der Waals surface area contributed by atoms with Gasteiger partial charge in [-0.15, -0.1) is 0 Å². The van der Waals surface area contributed by atoms with Gasteiger partial charge >= 0.3 is 5.97 Å². The number of nitrogens with zero attached hydrogens (tertiary/aromatic N) is 1. The highest BCUT2D eigenvalue weighted by atomic mass is 19.1. The molecule has 0 aliphatic carbocycles. The fourth-order valence-electron chi connectivity index (χ4n) is 1.48. The van der Waals surface area contributed by atoms with E-state index in [1.165, 1.54) is 19.2 Å². The van der Waals surface area contributed by atoms with Crippen molar-refractivity contribution in [1.29, 1.82) is 0 Å². The summed E-state index contributed by atoms with van der Waals surface area (Å²) < 4.78 is 30.3. The monoisotopic (exact) mass is 243 g/mol. The van der Waals surface area contributed by atoms with Gasteiger partial charge in [-0.05, 0) is 24.7 Å². The van der Waals surface area contributed by atoms with Crippen molar-refractivity contribution >= 4 is 5.97 Å². The second-order valence-electron chi connectivity index (χ2n) is 3.84. The molecule has 0 amide bonds. The van der Waals surface area contributed by atoms with E-state index in [4.69, 9.17) is 0 Å². The molecule has 0 N–H and O–H groups in total. The van der Waals surface area contributed by atoms with Crippen LogP contribution in [0.5, 0.6) is 0 Å². The van der Waals surface area contributed by atoms with Gasteiger partial charge in [-0.25, -0.2) is 8.78 Å². The standard InChI is InChI=1S/C12H15F2NO2/c1-15(4-3-12(16)17-2)8-9-5-10(13)7-11(14)6-9/h5-7H,3-4,8H2,1-2H3. The lowest BCUT2D eigenvalue weighted by molar-refractivity contribution is -0.140. The average molecular weight is 243 g/mol. The molecule has 17 heavy (non-hydrogen) atoms. The smallest absolute Gasteiger partial charge is 0.306 e. The largest absolute Gasteiger partial charge is 0.469 e. The molecule has 0 spiro atoms. The van der Waals surface area contributed by atoms with Crippen LogP contribution in [0.2, 0.25) is 0 Å². The van der Waals surface area contributed by atoms with E-state index in [1.54, 1.807) is 11.9 Å². The Morgan fingerprint density at radius 1 is 1.29 bits per heavy atom. The summed E-state index contributed by atoms with van der Waals surface area (Å²) >= 11 is 0. The zero-order valence-electron chi connectivity index (χ0n) is 9.87. The number of hydrogen-bond donors (Lipinski definition) is 0. The van der Waals surface area contributed by atoms with Crippen LogP contribution in [-0.4, -0.2) is 31.6 Å². The molecule has 3 nitrogen and oxygen atoms in total. The summed E-state index contributed by atoms with van der Waals surface area (Å²) in [5, 5.41) is 0. The Bertz CT molecular complexity index is 376. The lowest BCUT2D eigenvalue weighted by Gasteiger charge is -2.15. The number of carbonyl (C=O) groups is 1. The molecule has 0 heterocycles. The lowest BCUT2D eigenvalue weighted by atomic mass is 10.2. The third-order valence-electron chi connectivity index (χ3n) is 2.30. The van der Waals surface area contributed by atoms with Crippen molar-refractivity contribution in [3.05, 3.63) is 35.4 Å². The van der Waals surface area contributed by atoms with E-state index in [9.17, 15) is 13.6 Å². The minimum Gasteiger partial charge on any atom is -0.469 e. The average Bonchev–Trinajstić information content (AvgIpc) is 2.24. The Hall–Kier alpha value is -1.49. The van der Waals surface area contributed by atoms with Gasteiger partial charge in [0.2, 0.25) is 0 Å². The van der Waals surface area contributed by atoms with Gasteiger partial charge in [-0.2, -0.15) is 0 Å². The first-order valence-electron chi connectivity index (χ1n) is 5.21. The molecule has 0 aliphatic heterocycles. The Morgan fingerprint density at radius 3 is 2.41 bits per heavy atom. The van der Waals surface area contributed by atoms with E-state index in [-0.39, 0.29) is 12.4 Å². The second kappa shape index (κ2) is 6.30. The maximum atomic E-state index is 12.9.